The Morgan fingerprint density at radius 2 is 1.92 bits per heavy atom. The average molecular weight is 358 g/mol. The molecule has 0 aliphatic heterocycles. The van der Waals surface area contributed by atoms with Gasteiger partial charge < -0.3 is 15.2 Å². The zero-order chi connectivity index (χ0) is 19.1. The van der Waals surface area contributed by atoms with E-state index in [1.807, 2.05) is 6.07 Å². The van der Waals surface area contributed by atoms with Gasteiger partial charge in [-0.1, -0.05) is 30.3 Å². The summed E-state index contributed by atoms with van der Waals surface area (Å²) in [4.78, 5) is 34.0. The van der Waals surface area contributed by atoms with E-state index in [4.69, 9.17) is 4.74 Å². The zero-order valence-corrected chi connectivity index (χ0v) is 14.0. The molecule has 0 aliphatic rings. The van der Waals surface area contributed by atoms with Crippen LogP contribution in [0.25, 0.3) is 0 Å². The molecular formula is C18H18N2O6. The second-order valence-corrected chi connectivity index (χ2v) is 5.58. The van der Waals surface area contributed by atoms with Crippen LogP contribution in [-0.2, 0) is 22.4 Å². The molecule has 0 aromatic heterocycles. The Kier molecular flexibility index (Phi) is 6.26. The van der Waals surface area contributed by atoms with Crippen LogP contribution in [0.15, 0.2) is 48.5 Å². The van der Waals surface area contributed by atoms with E-state index >= 15 is 0 Å². The largest absolute Gasteiger partial charge is 0.496 e. The molecule has 8 heteroatoms. The molecule has 1 amide bonds. The number of nitrogens with zero attached hydrogens (tertiary/aromatic N) is 1. The summed E-state index contributed by atoms with van der Waals surface area (Å²) in [6.45, 7) is 0. The molecule has 0 bridgehead atoms. The summed E-state index contributed by atoms with van der Waals surface area (Å²) < 4.78 is 5.13. The number of carboxylic acid groups (broad SMARTS) is 1. The van der Waals surface area contributed by atoms with Crippen LogP contribution in [0.4, 0.5) is 5.69 Å². The van der Waals surface area contributed by atoms with Crippen LogP contribution in [0.5, 0.6) is 5.75 Å². The van der Waals surface area contributed by atoms with Crippen molar-refractivity contribution in [2.24, 2.45) is 0 Å². The van der Waals surface area contributed by atoms with Gasteiger partial charge in [-0.05, 0) is 11.6 Å². The molecule has 0 unspecified atom stereocenters. The number of hydrogen-bond acceptors (Lipinski definition) is 5. The Bertz CT molecular complexity index is 807. The van der Waals surface area contributed by atoms with E-state index in [2.05, 4.69) is 5.32 Å². The quantitative estimate of drug-likeness (QED) is 0.550. The third-order valence-electron chi connectivity index (χ3n) is 3.74. The molecule has 0 radical (unpaired) electrons. The lowest BCUT2D eigenvalue weighted by Gasteiger charge is -2.16. The van der Waals surface area contributed by atoms with Gasteiger partial charge in [-0.2, -0.15) is 0 Å². The number of carbonyl (C=O) groups is 2. The van der Waals surface area contributed by atoms with E-state index in [9.17, 15) is 24.8 Å². The molecular weight excluding hydrogens is 340 g/mol. The van der Waals surface area contributed by atoms with Gasteiger partial charge in [0.1, 0.15) is 11.8 Å². The van der Waals surface area contributed by atoms with Crippen molar-refractivity contribution in [2.45, 2.75) is 18.9 Å². The number of rotatable bonds is 8. The summed E-state index contributed by atoms with van der Waals surface area (Å²) in [6, 6.07) is 11.6. The first-order valence-corrected chi connectivity index (χ1v) is 7.78. The number of methoxy groups -OCH3 is 1. The van der Waals surface area contributed by atoms with Gasteiger partial charge in [-0.3, -0.25) is 14.9 Å². The number of aliphatic carboxylic acids is 1. The number of benzene rings is 2. The molecule has 2 aromatic rings. The van der Waals surface area contributed by atoms with Gasteiger partial charge >= 0.3 is 5.97 Å². The number of ether oxygens (including phenoxy) is 1. The summed E-state index contributed by atoms with van der Waals surface area (Å²) in [5.41, 5.74) is 0.900. The van der Waals surface area contributed by atoms with Crippen LogP contribution in [0, 0.1) is 10.1 Å². The van der Waals surface area contributed by atoms with Crippen LogP contribution in [-0.4, -0.2) is 35.1 Å². The minimum atomic E-state index is -1.24. The highest BCUT2D eigenvalue weighted by molar-refractivity contribution is 5.85. The number of nitrogens with one attached hydrogen (secondary N) is 1. The maximum atomic E-state index is 12.1. The Hall–Kier alpha value is -3.42. The number of carbonyl (C=O) groups excluding carboxylic acids is 1. The molecule has 2 rings (SSSR count). The summed E-state index contributed by atoms with van der Waals surface area (Å²) in [5, 5.41) is 22.8. The monoisotopic (exact) mass is 358 g/mol. The summed E-state index contributed by atoms with van der Waals surface area (Å²) in [6.07, 6.45) is -0.0998. The molecule has 0 saturated heterocycles. The van der Waals surface area contributed by atoms with Crippen LogP contribution >= 0.6 is 0 Å². The number of nitro groups is 1. The Balaban J connectivity index is 2.15. The van der Waals surface area contributed by atoms with Crippen LogP contribution < -0.4 is 10.1 Å². The van der Waals surface area contributed by atoms with Crippen LogP contribution in [0.1, 0.15) is 11.1 Å². The number of nitro benzene ring substituents is 1. The molecule has 2 N–H and O–H groups in total. The molecule has 0 fully saturated rings. The summed E-state index contributed by atoms with van der Waals surface area (Å²) in [5.74, 6) is -1.37. The highest BCUT2D eigenvalue weighted by Gasteiger charge is 2.23. The zero-order valence-electron chi connectivity index (χ0n) is 14.0. The second-order valence-electron chi connectivity index (χ2n) is 5.58. The third-order valence-corrected chi connectivity index (χ3v) is 3.74. The van der Waals surface area contributed by atoms with E-state index in [1.54, 1.807) is 24.3 Å². The van der Waals surface area contributed by atoms with Crippen LogP contribution in [0.3, 0.4) is 0 Å². The fourth-order valence-electron chi connectivity index (χ4n) is 2.48. The minimum absolute atomic E-state index is 0.0384. The van der Waals surface area contributed by atoms with E-state index in [1.165, 1.54) is 25.3 Å². The van der Waals surface area contributed by atoms with Gasteiger partial charge in [0, 0.05) is 24.1 Å². The lowest BCUT2D eigenvalue weighted by Crippen LogP contribution is -2.43. The van der Waals surface area contributed by atoms with E-state index in [0.29, 0.717) is 11.3 Å². The molecule has 2 aromatic carbocycles. The highest BCUT2D eigenvalue weighted by Crippen LogP contribution is 2.25. The van der Waals surface area contributed by atoms with Crippen molar-refractivity contribution >= 4 is 17.6 Å². The highest BCUT2D eigenvalue weighted by atomic mass is 16.6. The van der Waals surface area contributed by atoms with E-state index < -0.39 is 22.8 Å². The smallest absolute Gasteiger partial charge is 0.326 e. The van der Waals surface area contributed by atoms with Gasteiger partial charge in [0.05, 0.1) is 18.5 Å². The van der Waals surface area contributed by atoms with Crippen molar-refractivity contribution in [3.05, 3.63) is 69.8 Å². The van der Waals surface area contributed by atoms with Crippen molar-refractivity contribution in [3.8, 4) is 5.75 Å². The van der Waals surface area contributed by atoms with Crippen molar-refractivity contribution in [3.63, 3.8) is 0 Å². The van der Waals surface area contributed by atoms with Gasteiger partial charge in [-0.15, -0.1) is 0 Å². The predicted molar refractivity (Wildman–Crippen MR) is 93.1 cm³/mol. The number of hydrogen-bond donors (Lipinski definition) is 2. The minimum Gasteiger partial charge on any atom is -0.496 e. The topological polar surface area (TPSA) is 119 Å². The van der Waals surface area contributed by atoms with E-state index in [0.717, 1.165) is 5.56 Å². The van der Waals surface area contributed by atoms with E-state index in [-0.39, 0.29) is 18.5 Å². The maximum Gasteiger partial charge on any atom is 0.326 e. The first-order chi connectivity index (χ1) is 12.4. The predicted octanol–water partition coefficient (Wildman–Crippen LogP) is 1.96. The Labute approximate surface area is 149 Å². The van der Waals surface area contributed by atoms with Crippen molar-refractivity contribution in [1.82, 2.24) is 5.32 Å². The molecule has 8 nitrogen and oxygen atoms in total. The Morgan fingerprint density at radius 3 is 2.50 bits per heavy atom. The second kappa shape index (κ2) is 8.61. The maximum absolute atomic E-state index is 12.1. The van der Waals surface area contributed by atoms with Crippen molar-refractivity contribution in [2.75, 3.05) is 7.11 Å². The fourth-order valence-corrected chi connectivity index (χ4v) is 2.48. The number of amides is 1. The van der Waals surface area contributed by atoms with Gasteiger partial charge in [0.15, 0.2) is 0 Å². The molecule has 0 aliphatic carbocycles. The average Bonchev–Trinajstić information content (AvgIpc) is 2.61. The molecule has 0 heterocycles. The third kappa shape index (κ3) is 5.04. The molecule has 0 spiro atoms. The fraction of sp³-hybridized carbons (Fsp3) is 0.222. The Morgan fingerprint density at radius 1 is 1.23 bits per heavy atom. The molecule has 136 valence electrons. The lowest BCUT2D eigenvalue weighted by molar-refractivity contribution is -0.384. The first kappa shape index (κ1) is 18.9. The SMILES string of the molecule is COc1ccc([N+](=O)[O-])cc1C[C@H](NC(=O)Cc1ccccc1)C(=O)O. The van der Waals surface area contributed by atoms with Crippen LogP contribution in [0.2, 0.25) is 0 Å². The normalized spacial score (nSPS) is 11.4. The first-order valence-electron chi connectivity index (χ1n) is 7.78. The molecule has 1 atom stereocenters. The molecule has 26 heavy (non-hydrogen) atoms. The van der Waals surface area contributed by atoms with Gasteiger partial charge in [0.25, 0.3) is 5.69 Å². The summed E-state index contributed by atoms with van der Waals surface area (Å²) in [7, 11) is 1.38. The number of carboxylic acids is 1. The lowest BCUT2D eigenvalue weighted by atomic mass is 10.0. The van der Waals surface area contributed by atoms with Crippen molar-refractivity contribution < 1.29 is 24.4 Å². The van der Waals surface area contributed by atoms with Gasteiger partial charge in [-0.25, -0.2) is 4.79 Å². The van der Waals surface area contributed by atoms with Gasteiger partial charge in [0.2, 0.25) is 5.91 Å². The standard InChI is InChI=1S/C18H18N2O6/c1-26-16-8-7-14(20(24)25)10-13(16)11-15(18(22)23)19-17(21)9-12-5-3-2-4-6-12/h2-8,10,15H,9,11H2,1H3,(H,19,21)(H,22,23)/t15-/m0/s1. The van der Waals surface area contributed by atoms with Crippen molar-refractivity contribution in [1.29, 1.82) is 0 Å². The number of non-ortho nitro benzene ring substituents is 1. The molecule has 0 saturated carbocycles. The summed E-state index contributed by atoms with van der Waals surface area (Å²) >= 11 is 0.